The summed E-state index contributed by atoms with van der Waals surface area (Å²) in [5.41, 5.74) is 0. The van der Waals surface area contributed by atoms with Crippen LogP contribution in [0.4, 0.5) is 0 Å². The van der Waals surface area contributed by atoms with Crippen LogP contribution in [-0.4, -0.2) is 12.1 Å². The van der Waals surface area contributed by atoms with Crippen molar-refractivity contribution in [2.75, 3.05) is 0 Å². The number of carbonyl (C=O) groups is 1. The number of hydrogen-bond donors (Lipinski definition) is 0. The number of hydrogen-bond acceptors (Lipinski definition) is 2. The van der Waals surface area contributed by atoms with E-state index in [1.54, 1.807) is 0 Å². The van der Waals surface area contributed by atoms with Crippen LogP contribution in [0.3, 0.4) is 0 Å². The highest BCUT2D eigenvalue weighted by molar-refractivity contribution is 5.69. The molecule has 0 bridgehead atoms. The SMILES string of the molecule is CCCCC1CCCCCCCCCCCCCC(=O)O1. The zero-order valence-electron chi connectivity index (χ0n) is 14.2. The van der Waals surface area contributed by atoms with Crippen LogP contribution >= 0.6 is 0 Å². The third-order valence-electron chi connectivity index (χ3n) is 4.58. The Morgan fingerprint density at radius 2 is 1.38 bits per heavy atom. The van der Waals surface area contributed by atoms with Crippen molar-refractivity contribution in [2.45, 2.75) is 116 Å². The van der Waals surface area contributed by atoms with E-state index in [4.69, 9.17) is 4.74 Å². The molecule has 0 radical (unpaired) electrons. The molecule has 0 aromatic heterocycles. The van der Waals surface area contributed by atoms with E-state index >= 15 is 0 Å². The highest BCUT2D eigenvalue weighted by Gasteiger charge is 2.13. The average Bonchev–Trinajstić information content (AvgIpc) is 2.48. The van der Waals surface area contributed by atoms with Crippen LogP contribution in [0.1, 0.15) is 110 Å². The van der Waals surface area contributed by atoms with Gasteiger partial charge in [0.1, 0.15) is 6.10 Å². The summed E-state index contributed by atoms with van der Waals surface area (Å²) in [6, 6.07) is 0. The fraction of sp³-hybridized carbons (Fsp3) is 0.947. The van der Waals surface area contributed by atoms with Crippen molar-refractivity contribution in [1.82, 2.24) is 0 Å². The maximum absolute atomic E-state index is 11.9. The Labute approximate surface area is 132 Å². The highest BCUT2D eigenvalue weighted by atomic mass is 16.5. The lowest BCUT2D eigenvalue weighted by molar-refractivity contribution is -0.150. The summed E-state index contributed by atoms with van der Waals surface area (Å²) >= 11 is 0. The summed E-state index contributed by atoms with van der Waals surface area (Å²) in [6.45, 7) is 2.21. The summed E-state index contributed by atoms with van der Waals surface area (Å²) in [7, 11) is 0. The quantitative estimate of drug-likeness (QED) is 0.582. The van der Waals surface area contributed by atoms with E-state index in [0.29, 0.717) is 6.42 Å². The molecule has 124 valence electrons. The average molecular weight is 296 g/mol. The Bertz CT molecular complexity index is 250. The van der Waals surface area contributed by atoms with Gasteiger partial charge in [0.15, 0.2) is 0 Å². The minimum absolute atomic E-state index is 0.0446. The molecule has 1 atom stereocenters. The molecule has 1 unspecified atom stereocenters. The van der Waals surface area contributed by atoms with Gasteiger partial charge in [0.2, 0.25) is 0 Å². The topological polar surface area (TPSA) is 26.3 Å². The molecule has 2 nitrogen and oxygen atoms in total. The Balaban J connectivity index is 2.33. The lowest BCUT2D eigenvalue weighted by Gasteiger charge is -2.18. The van der Waals surface area contributed by atoms with Crippen molar-refractivity contribution in [3.8, 4) is 0 Å². The molecule has 1 aliphatic rings. The molecule has 1 rings (SSSR count). The lowest BCUT2D eigenvalue weighted by Crippen LogP contribution is -2.18. The normalized spacial score (nSPS) is 24.4. The summed E-state index contributed by atoms with van der Waals surface area (Å²) < 4.78 is 5.71. The van der Waals surface area contributed by atoms with E-state index in [9.17, 15) is 4.79 Å². The van der Waals surface area contributed by atoms with Gasteiger partial charge in [-0.2, -0.15) is 0 Å². The predicted molar refractivity (Wildman–Crippen MR) is 89.4 cm³/mol. The fourth-order valence-electron chi connectivity index (χ4n) is 3.17. The number of unbranched alkanes of at least 4 members (excludes halogenated alkanes) is 1. The Kier molecular flexibility index (Phi) is 11.6. The van der Waals surface area contributed by atoms with Gasteiger partial charge in [0.25, 0.3) is 0 Å². The zero-order chi connectivity index (χ0) is 15.2. The van der Waals surface area contributed by atoms with Gasteiger partial charge in [0, 0.05) is 6.42 Å². The Hall–Kier alpha value is -0.530. The first-order valence-electron chi connectivity index (χ1n) is 9.52. The van der Waals surface area contributed by atoms with Crippen LogP contribution < -0.4 is 0 Å². The molecule has 0 aromatic carbocycles. The standard InChI is InChI=1S/C19H36O2/c1-2-3-15-18-16-13-11-9-7-5-4-6-8-10-12-14-17-19(20)21-18/h18H,2-17H2,1H3. The molecule has 1 fully saturated rings. The molecule has 1 saturated heterocycles. The number of ether oxygens (including phenoxy) is 1. The number of cyclic esters (lactones) is 1. The minimum Gasteiger partial charge on any atom is -0.462 e. The number of carbonyl (C=O) groups excluding carboxylic acids is 1. The monoisotopic (exact) mass is 296 g/mol. The van der Waals surface area contributed by atoms with E-state index in [-0.39, 0.29) is 12.1 Å². The van der Waals surface area contributed by atoms with E-state index < -0.39 is 0 Å². The molecule has 0 saturated carbocycles. The molecule has 0 N–H and O–H groups in total. The second-order valence-electron chi connectivity index (χ2n) is 6.68. The molecule has 0 spiro atoms. The van der Waals surface area contributed by atoms with Crippen molar-refractivity contribution >= 4 is 5.97 Å². The van der Waals surface area contributed by atoms with Gasteiger partial charge in [-0.15, -0.1) is 0 Å². The van der Waals surface area contributed by atoms with Crippen LogP contribution in [0.25, 0.3) is 0 Å². The molecule has 1 heterocycles. The smallest absolute Gasteiger partial charge is 0.306 e. The van der Waals surface area contributed by atoms with Crippen molar-refractivity contribution in [1.29, 1.82) is 0 Å². The van der Waals surface area contributed by atoms with Gasteiger partial charge in [-0.3, -0.25) is 4.79 Å². The summed E-state index contributed by atoms with van der Waals surface area (Å²) in [6.07, 6.45) is 19.6. The van der Waals surface area contributed by atoms with E-state index in [0.717, 1.165) is 19.3 Å². The van der Waals surface area contributed by atoms with E-state index in [1.165, 1.54) is 77.0 Å². The first-order chi connectivity index (χ1) is 10.3. The van der Waals surface area contributed by atoms with Gasteiger partial charge in [0.05, 0.1) is 0 Å². The van der Waals surface area contributed by atoms with E-state index in [2.05, 4.69) is 6.92 Å². The first-order valence-corrected chi connectivity index (χ1v) is 9.52. The van der Waals surface area contributed by atoms with Crippen LogP contribution in [0.2, 0.25) is 0 Å². The maximum atomic E-state index is 11.9. The van der Waals surface area contributed by atoms with Crippen molar-refractivity contribution in [3.05, 3.63) is 0 Å². The number of rotatable bonds is 3. The summed E-state index contributed by atoms with van der Waals surface area (Å²) in [5.74, 6) is 0.0446. The van der Waals surface area contributed by atoms with Gasteiger partial charge in [-0.1, -0.05) is 77.6 Å². The molecule has 0 amide bonds. The first kappa shape index (κ1) is 18.5. The molecular formula is C19H36O2. The van der Waals surface area contributed by atoms with Gasteiger partial charge >= 0.3 is 5.97 Å². The second-order valence-corrected chi connectivity index (χ2v) is 6.68. The van der Waals surface area contributed by atoms with Crippen LogP contribution in [-0.2, 0) is 9.53 Å². The zero-order valence-corrected chi connectivity index (χ0v) is 14.2. The van der Waals surface area contributed by atoms with Crippen LogP contribution in [0, 0.1) is 0 Å². The molecule has 0 aliphatic carbocycles. The summed E-state index contributed by atoms with van der Waals surface area (Å²) in [4.78, 5) is 11.9. The van der Waals surface area contributed by atoms with Crippen molar-refractivity contribution in [2.24, 2.45) is 0 Å². The van der Waals surface area contributed by atoms with E-state index in [1.807, 2.05) is 0 Å². The maximum Gasteiger partial charge on any atom is 0.306 e. The van der Waals surface area contributed by atoms with Crippen molar-refractivity contribution < 1.29 is 9.53 Å². The molecule has 1 aliphatic heterocycles. The predicted octanol–water partition coefficient (Wildman–Crippen LogP) is 6.17. The fourth-order valence-corrected chi connectivity index (χ4v) is 3.17. The highest BCUT2D eigenvalue weighted by Crippen LogP contribution is 2.18. The number of esters is 1. The van der Waals surface area contributed by atoms with Gasteiger partial charge in [-0.05, 0) is 25.7 Å². The minimum atomic E-state index is 0.0446. The lowest BCUT2D eigenvalue weighted by atomic mass is 10.0. The summed E-state index contributed by atoms with van der Waals surface area (Å²) in [5, 5.41) is 0. The van der Waals surface area contributed by atoms with Gasteiger partial charge in [-0.25, -0.2) is 0 Å². The largest absolute Gasteiger partial charge is 0.462 e. The van der Waals surface area contributed by atoms with Gasteiger partial charge < -0.3 is 4.74 Å². The Morgan fingerprint density at radius 3 is 1.95 bits per heavy atom. The third kappa shape index (κ3) is 10.8. The van der Waals surface area contributed by atoms with Crippen LogP contribution in [0.5, 0.6) is 0 Å². The molecule has 2 heteroatoms. The Morgan fingerprint density at radius 1 is 0.857 bits per heavy atom. The third-order valence-corrected chi connectivity index (χ3v) is 4.58. The van der Waals surface area contributed by atoms with Crippen LogP contribution in [0.15, 0.2) is 0 Å². The molecular weight excluding hydrogens is 260 g/mol. The van der Waals surface area contributed by atoms with Crippen molar-refractivity contribution in [3.63, 3.8) is 0 Å². The second kappa shape index (κ2) is 13.2. The molecule has 0 aromatic rings. The molecule has 21 heavy (non-hydrogen) atoms.